The van der Waals surface area contributed by atoms with Crippen molar-refractivity contribution < 1.29 is 4.39 Å². The van der Waals surface area contributed by atoms with Crippen LogP contribution in [0, 0.1) is 12.7 Å². The monoisotopic (exact) mass is 159 g/mol. The van der Waals surface area contributed by atoms with E-state index < -0.39 is 0 Å². The molecule has 0 saturated carbocycles. The largest absolute Gasteiger partial charge is 0.299 e. The van der Waals surface area contributed by atoms with Gasteiger partial charge in [0.1, 0.15) is 5.82 Å². The maximum absolute atomic E-state index is 12.6. The molecule has 1 nitrogen and oxygen atoms in total. The second-order valence-corrected chi connectivity index (χ2v) is 2.25. The molecule has 0 aromatic heterocycles. The van der Waals surface area contributed by atoms with Crippen molar-refractivity contribution >= 4 is 17.5 Å². The minimum atomic E-state index is -0.212. The number of anilines is 1. The van der Waals surface area contributed by atoms with Gasteiger partial charge >= 0.3 is 0 Å². The van der Waals surface area contributed by atoms with Crippen LogP contribution in [0.3, 0.4) is 0 Å². The zero-order valence-electron chi connectivity index (χ0n) is 5.49. The second-order valence-electron chi connectivity index (χ2n) is 2.06. The average molecular weight is 160 g/mol. The minimum absolute atomic E-state index is 0.212. The van der Waals surface area contributed by atoms with Crippen LogP contribution < -0.4 is 4.84 Å². The van der Waals surface area contributed by atoms with Crippen LogP contribution in [0.25, 0.3) is 0 Å². The van der Waals surface area contributed by atoms with Gasteiger partial charge in [-0.05, 0) is 30.7 Å². The van der Waals surface area contributed by atoms with E-state index in [1.165, 1.54) is 6.07 Å². The van der Waals surface area contributed by atoms with Gasteiger partial charge in [-0.15, -0.1) is 0 Å². The van der Waals surface area contributed by atoms with E-state index in [1.807, 2.05) is 0 Å². The Kier molecular flexibility index (Phi) is 2.12. The molecule has 0 aliphatic heterocycles. The molecule has 0 fully saturated rings. The van der Waals surface area contributed by atoms with E-state index in [0.29, 0.717) is 11.3 Å². The normalized spacial score (nSPS) is 9.50. The molecular formula is C7H7ClFN. The molecule has 1 aromatic rings. The maximum Gasteiger partial charge on any atom is 0.126 e. The summed E-state index contributed by atoms with van der Waals surface area (Å²) < 4.78 is 12.6. The Morgan fingerprint density at radius 2 is 2.20 bits per heavy atom. The lowest BCUT2D eigenvalue weighted by atomic mass is 10.2. The summed E-state index contributed by atoms with van der Waals surface area (Å²) in [6.45, 7) is 1.69. The van der Waals surface area contributed by atoms with Gasteiger partial charge in [0, 0.05) is 17.5 Å². The Bertz CT molecular complexity index is 237. The fourth-order valence-corrected chi connectivity index (χ4v) is 0.821. The molecular weight excluding hydrogens is 153 g/mol. The second kappa shape index (κ2) is 2.88. The zero-order chi connectivity index (χ0) is 7.56. The molecule has 1 rings (SSSR count). The number of benzene rings is 1. The molecule has 0 atom stereocenters. The highest BCUT2D eigenvalue weighted by atomic mass is 35.5. The van der Waals surface area contributed by atoms with Crippen molar-refractivity contribution in [3.8, 4) is 0 Å². The van der Waals surface area contributed by atoms with Gasteiger partial charge in [-0.2, -0.15) is 0 Å². The summed E-state index contributed by atoms with van der Waals surface area (Å²) in [4.78, 5) is 2.40. The van der Waals surface area contributed by atoms with Crippen LogP contribution >= 0.6 is 11.8 Å². The molecule has 10 heavy (non-hydrogen) atoms. The Hall–Kier alpha value is -0.760. The highest BCUT2D eigenvalue weighted by Gasteiger charge is 1.95. The first kappa shape index (κ1) is 7.35. The summed E-state index contributed by atoms with van der Waals surface area (Å²) in [6, 6.07) is 4.59. The molecule has 0 aliphatic carbocycles. The van der Waals surface area contributed by atoms with Gasteiger partial charge in [0.25, 0.3) is 0 Å². The van der Waals surface area contributed by atoms with E-state index in [4.69, 9.17) is 11.8 Å². The van der Waals surface area contributed by atoms with Crippen molar-refractivity contribution in [1.82, 2.24) is 0 Å². The van der Waals surface area contributed by atoms with Gasteiger partial charge in [-0.1, -0.05) is 0 Å². The van der Waals surface area contributed by atoms with Crippen molar-refractivity contribution in [2.75, 3.05) is 4.84 Å². The van der Waals surface area contributed by atoms with Crippen LogP contribution in [0.2, 0.25) is 0 Å². The topological polar surface area (TPSA) is 12.0 Å². The molecule has 0 spiro atoms. The molecule has 1 aromatic carbocycles. The summed E-state index contributed by atoms with van der Waals surface area (Å²) in [5, 5.41) is 0. The fourth-order valence-electron chi connectivity index (χ4n) is 0.703. The molecule has 1 N–H and O–H groups in total. The van der Waals surface area contributed by atoms with E-state index in [1.54, 1.807) is 19.1 Å². The van der Waals surface area contributed by atoms with Crippen LogP contribution in [0.5, 0.6) is 0 Å². The van der Waals surface area contributed by atoms with Crippen LogP contribution in [0.4, 0.5) is 10.1 Å². The number of hydrogen-bond donors (Lipinski definition) is 1. The molecule has 0 heterocycles. The van der Waals surface area contributed by atoms with E-state index >= 15 is 0 Å². The summed E-state index contributed by atoms with van der Waals surface area (Å²) in [6.07, 6.45) is 0. The smallest absolute Gasteiger partial charge is 0.126 e. The standard InChI is InChI=1S/C7H7ClFN/c1-5-4-6(10-8)2-3-7(5)9/h2-4,10H,1H3. The fraction of sp³-hybridized carbons (Fsp3) is 0.143. The van der Waals surface area contributed by atoms with E-state index in [-0.39, 0.29) is 5.82 Å². The van der Waals surface area contributed by atoms with Gasteiger partial charge in [0.15, 0.2) is 0 Å². The predicted octanol–water partition coefficient (Wildman–Crippen LogP) is 2.70. The van der Waals surface area contributed by atoms with Crippen molar-refractivity contribution in [3.63, 3.8) is 0 Å². The first-order valence-electron chi connectivity index (χ1n) is 2.87. The van der Waals surface area contributed by atoms with Crippen molar-refractivity contribution in [2.24, 2.45) is 0 Å². The molecule has 0 saturated heterocycles. The summed E-state index contributed by atoms with van der Waals surface area (Å²) >= 11 is 5.28. The van der Waals surface area contributed by atoms with Crippen molar-refractivity contribution in [2.45, 2.75) is 6.92 Å². The Morgan fingerprint density at radius 1 is 1.50 bits per heavy atom. The van der Waals surface area contributed by atoms with Gasteiger partial charge in [0.05, 0.1) is 0 Å². The van der Waals surface area contributed by atoms with Gasteiger partial charge in [-0.3, -0.25) is 4.84 Å². The Labute approximate surface area is 63.9 Å². The predicted molar refractivity (Wildman–Crippen MR) is 40.6 cm³/mol. The lowest BCUT2D eigenvalue weighted by Gasteiger charge is -1.98. The lowest BCUT2D eigenvalue weighted by molar-refractivity contribution is 0.619. The number of halogens is 2. The average Bonchev–Trinajstić information content (AvgIpc) is 1.95. The first-order chi connectivity index (χ1) is 4.74. The van der Waals surface area contributed by atoms with Crippen molar-refractivity contribution in [1.29, 1.82) is 0 Å². The first-order valence-corrected chi connectivity index (χ1v) is 3.24. The molecule has 0 unspecified atom stereocenters. The van der Waals surface area contributed by atoms with Gasteiger partial charge < -0.3 is 0 Å². The third-order valence-electron chi connectivity index (χ3n) is 1.27. The van der Waals surface area contributed by atoms with Crippen LogP contribution in [0.15, 0.2) is 18.2 Å². The zero-order valence-corrected chi connectivity index (χ0v) is 6.24. The number of rotatable bonds is 1. The number of aryl methyl sites for hydroxylation is 1. The van der Waals surface area contributed by atoms with E-state index in [2.05, 4.69) is 4.84 Å². The highest BCUT2D eigenvalue weighted by Crippen LogP contribution is 2.13. The van der Waals surface area contributed by atoms with Gasteiger partial charge in [0.2, 0.25) is 0 Å². The summed E-state index contributed by atoms with van der Waals surface area (Å²) in [5.41, 5.74) is 1.30. The molecule has 3 heteroatoms. The van der Waals surface area contributed by atoms with E-state index in [9.17, 15) is 4.39 Å². The highest BCUT2D eigenvalue weighted by molar-refractivity contribution is 6.23. The number of nitrogens with one attached hydrogen (secondary N) is 1. The maximum atomic E-state index is 12.6. The van der Waals surface area contributed by atoms with Crippen molar-refractivity contribution in [3.05, 3.63) is 29.6 Å². The Morgan fingerprint density at radius 3 is 2.70 bits per heavy atom. The number of hydrogen-bond acceptors (Lipinski definition) is 1. The van der Waals surface area contributed by atoms with Crippen LogP contribution in [0.1, 0.15) is 5.56 Å². The molecule has 54 valence electrons. The lowest BCUT2D eigenvalue weighted by Crippen LogP contribution is -1.84. The molecule has 0 radical (unpaired) electrons. The van der Waals surface area contributed by atoms with E-state index in [0.717, 1.165) is 0 Å². The van der Waals surface area contributed by atoms with Crippen LogP contribution in [-0.4, -0.2) is 0 Å². The minimum Gasteiger partial charge on any atom is -0.299 e. The summed E-state index contributed by atoms with van der Waals surface area (Å²) in [7, 11) is 0. The molecule has 0 bridgehead atoms. The Balaban J connectivity index is 3.04. The SMILES string of the molecule is Cc1cc(NCl)ccc1F. The van der Waals surface area contributed by atoms with Gasteiger partial charge in [-0.25, -0.2) is 4.39 Å². The summed E-state index contributed by atoms with van der Waals surface area (Å²) in [5.74, 6) is -0.212. The third-order valence-corrected chi connectivity index (χ3v) is 1.49. The molecule has 0 amide bonds. The third kappa shape index (κ3) is 1.39. The van der Waals surface area contributed by atoms with Crippen LogP contribution in [-0.2, 0) is 0 Å². The quantitative estimate of drug-likeness (QED) is 0.622. The molecule has 0 aliphatic rings.